The monoisotopic (exact) mass is 340 g/mol. The Morgan fingerprint density at radius 1 is 1.16 bits per heavy atom. The fourth-order valence-electron chi connectivity index (χ4n) is 3.49. The Labute approximate surface area is 148 Å². The highest BCUT2D eigenvalue weighted by Gasteiger charge is 2.23. The van der Waals surface area contributed by atoms with Crippen molar-refractivity contribution in [1.82, 2.24) is 5.32 Å². The number of hydrogen-bond donors (Lipinski definition) is 1. The molecule has 132 valence electrons. The van der Waals surface area contributed by atoms with Crippen molar-refractivity contribution in [1.29, 1.82) is 0 Å². The van der Waals surface area contributed by atoms with Crippen LogP contribution in [0.15, 0.2) is 48.5 Å². The van der Waals surface area contributed by atoms with E-state index in [4.69, 9.17) is 0 Å². The van der Waals surface area contributed by atoms with Gasteiger partial charge in [0.15, 0.2) is 0 Å². The lowest BCUT2D eigenvalue weighted by Gasteiger charge is -2.31. The van der Waals surface area contributed by atoms with Gasteiger partial charge in [-0.2, -0.15) is 0 Å². The van der Waals surface area contributed by atoms with Crippen LogP contribution in [0.5, 0.6) is 0 Å². The van der Waals surface area contributed by atoms with Crippen molar-refractivity contribution in [2.24, 2.45) is 5.92 Å². The maximum absolute atomic E-state index is 13.2. The standard InChI is InChI=1S/C21H25FN2O/c1-15(2)21(17-9-11-18(22)12-10-17)23-14-20(25)24-13-5-7-16-6-3-4-8-19(16)24/h3-4,6,8-12,15,21,23H,5,7,13-14H2,1-2H3. The first-order valence-electron chi connectivity index (χ1n) is 8.93. The fraction of sp³-hybridized carbons (Fsp3) is 0.381. The van der Waals surface area contributed by atoms with E-state index in [9.17, 15) is 9.18 Å². The topological polar surface area (TPSA) is 32.3 Å². The van der Waals surface area contributed by atoms with Crippen molar-refractivity contribution in [3.8, 4) is 0 Å². The molecule has 3 rings (SSSR count). The number of nitrogens with one attached hydrogen (secondary N) is 1. The molecule has 0 saturated heterocycles. The molecule has 25 heavy (non-hydrogen) atoms. The summed E-state index contributed by atoms with van der Waals surface area (Å²) in [5.41, 5.74) is 3.27. The zero-order chi connectivity index (χ0) is 17.8. The molecule has 0 saturated carbocycles. The molecule has 2 aromatic carbocycles. The molecule has 0 fully saturated rings. The second-order valence-corrected chi connectivity index (χ2v) is 6.93. The molecule has 1 aliphatic heterocycles. The van der Waals surface area contributed by atoms with Gasteiger partial charge in [0.25, 0.3) is 0 Å². The van der Waals surface area contributed by atoms with Gasteiger partial charge in [0, 0.05) is 18.3 Å². The molecule has 0 radical (unpaired) electrons. The molecule has 0 aliphatic carbocycles. The van der Waals surface area contributed by atoms with Gasteiger partial charge in [0.2, 0.25) is 5.91 Å². The lowest BCUT2D eigenvalue weighted by molar-refractivity contribution is -0.118. The summed E-state index contributed by atoms with van der Waals surface area (Å²) in [6.07, 6.45) is 2.02. The van der Waals surface area contributed by atoms with Crippen LogP contribution in [0.1, 0.15) is 37.4 Å². The fourth-order valence-corrected chi connectivity index (χ4v) is 3.49. The number of carbonyl (C=O) groups is 1. The van der Waals surface area contributed by atoms with Gasteiger partial charge in [-0.05, 0) is 48.1 Å². The van der Waals surface area contributed by atoms with E-state index in [-0.39, 0.29) is 24.3 Å². The largest absolute Gasteiger partial charge is 0.311 e. The molecular formula is C21H25FN2O. The first kappa shape index (κ1) is 17.6. The number of amides is 1. The molecule has 1 N–H and O–H groups in total. The highest BCUT2D eigenvalue weighted by atomic mass is 19.1. The second kappa shape index (κ2) is 7.79. The molecule has 4 heteroatoms. The predicted octanol–water partition coefficient (Wildman–Crippen LogP) is 4.09. The maximum Gasteiger partial charge on any atom is 0.240 e. The molecule has 3 nitrogen and oxygen atoms in total. The average molecular weight is 340 g/mol. The van der Waals surface area contributed by atoms with Crippen molar-refractivity contribution in [2.45, 2.75) is 32.7 Å². The predicted molar refractivity (Wildman–Crippen MR) is 99.1 cm³/mol. The summed E-state index contributed by atoms with van der Waals surface area (Å²) in [7, 11) is 0. The van der Waals surface area contributed by atoms with Gasteiger partial charge in [-0.15, -0.1) is 0 Å². The number of benzene rings is 2. The summed E-state index contributed by atoms with van der Waals surface area (Å²) in [4.78, 5) is 14.7. The summed E-state index contributed by atoms with van der Waals surface area (Å²) in [5.74, 6) is 0.138. The van der Waals surface area contributed by atoms with Gasteiger partial charge in [-0.1, -0.05) is 44.2 Å². The quantitative estimate of drug-likeness (QED) is 0.889. The first-order valence-corrected chi connectivity index (χ1v) is 8.93. The smallest absolute Gasteiger partial charge is 0.240 e. The molecule has 0 spiro atoms. The van der Waals surface area contributed by atoms with E-state index in [1.807, 2.05) is 23.1 Å². The number of anilines is 1. The molecule has 2 aromatic rings. The van der Waals surface area contributed by atoms with E-state index in [0.717, 1.165) is 30.6 Å². The highest BCUT2D eigenvalue weighted by Crippen LogP contribution is 2.27. The van der Waals surface area contributed by atoms with Crippen LogP contribution in [0, 0.1) is 11.7 Å². The SMILES string of the molecule is CC(C)C(NCC(=O)N1CCCc2ccccc21)c1ccc(F)cc1. The number of carbonyl (C=O) groups excluding carboxylic acids is 1. The Morgan fingerprint density at radius 3 is 2.60 bits per heavy atom. The molecule has 1 aliphatic rings. The molecule has 1 atom stereocenters. The van der Waals surface area contributed by atoms with E-state index in [1.54, 1.807) is 12.1 Å². The Morgan fingerprint density at radius 2 is 1.88 bits per heavy atom. The number of aryl methyl sites for hydroxylation is 1. The normalized spacial score (nSPS) is 15.1. The van der Waals surface area contributed by atoms with Crippen LogP contribution in [-0.2, 0) is 11.2 Å². The van der Waals surface area contributed by atoms with Crippen molar-refractivity contribution in [3.05, 3.63) is 65.5 Å². The van der Waals surface area contributed by atoms with Crippen molar-refractivity contribution < 1.29 is 9.18 Å². The van der Waals surface area contributed by atoms with Gasteiger partial charge in [0.05, 0.1) is 6.54 Å². The van der Waals surface area contributed by atoms with E-state index in [1.165, 1.54) is 17.7 Å². The van der Waals surface area contributed by atoms with E-state index >= 15 is 0 Å². The minimum Gasteiger partial charge on any atom is -0.311 e. The number of para-hydroxylation sites is 1. The molecule has 0 aromatic heterocycles. The van der Waals surface area contributed by atoms with Crippen LogP contribution in [0.2, 0.25) is 0 Å². The number of hydrogen-bond acceptors (Lipinski definition) is 2. The Bertz CT molecular complexity index is 727. The van der Waals surface area contributed by atoms with Crippen molar-refractivity contribution in [3.63, 3.8) is 0 Å². The zero-order valence-electron chi connectivity index (χ0n) is 14.8. The number of nitrogens with zero attached hydrogens (tertiary/aromatic N) is 1. The lowest BCUT2D eigenvalue weighted by atomic mass is 9.96. The summed E-state index contributed by atoms with van der Waals surface area (Å²) in [6.45, 7) is 5.23. The highest BCUT2D eigenvalue weighted by molar-refractivity contribution is 5.96. The minimum absolute atomic E-state index is 0.0181. The van der Waals surface area contributed by atoms with Gasteiger partial charge in [-0.25, -0.2) is 4.39 Å². The van der Waals surface area contributed by atoms with E-state index in [0.29, 0.717) is 5.92 Å². The van der Waals surface area contributed by atoms with Crippen LogP contribution < -0.4 is 10.2 Å². The van der Waals surface area contributed by atoms with Gasteiger partial charge in [0.1, 0.15) is 5.82 Å². The van der Waals surface area contributed by atoms with E-state index in [2.05, 4.69) is 25.2 Å². The third kappa shape index (κ3) is 4.07. The third-order valence-corrected chi connectivity index (χ3v) is 4.78. The van der Waals surface area contributed by atoms with Crippen molar-refractivity contribution >= 4 is 11.6 Å². The Balaban J connectivity index is 1.69. The summed E-state index contributed by atoms with van der Waals surface area (Å²) in [6, 6.07) is 14.6. The molecule has 1 heterocycles. The van der Waals surface area contributed by atoms with Crippen LogP contribution in [0.25, 0.3) is 0 Å². The number of halogens is 1. The Hall–Kier alpha value is -2.20. The third-order valence-electron chi connectivity index (χ3n) is 4.78. The Kier molecular flexibility index (Phi) is 5.49. The summed E-state index contributed by atoms with van der Waals surface area (Å²) in [5, 5.41) is 3.37. The van der Waals surface area contributed by atoms with Crippen LogP contribution in [0.4, 0.5) is 10.1 Å². The molecule has 0 bridgehead atoms. The van der Waals surface area contributed by atoms with Gasteiger partial charge >= 0.3 is 0 Å². The van der Waals surface area contributed by atoms with Crippen LogP contribution in [-0.4, -0.2) is 19.0 Å². The summed E-state index contributed by atoms with van der Waals surface area (Å²) >= 11 is 0. The number of rotatable bonds is 5. The summed E-state index contributed by atoms with van der Waals surface area (Å²) < 4.78 is 13.2. The molecule has 1 amide bonds. The van der Waals surface area contributed by atoms with Crippen molar-refractivity contribution in [2.75, 3.05) is 18.0 Å². The van der Waals surface area contributed by atoms with Gasteiger partial charge in [-0.3, -0.25) is 4.79 Å². The number of fused-ring (bicyclic) bond motifs is 1. The maximum atomic E-state index is 13.2. The second-order valence-electron chi connectivity index (χ2n) is 6.93. The van der Waals surface area contributed by atoms with E-state index < -0.39 is 0 Å². The minimum atomic E-state index is -0.243. The van der Waals surface area contributed by atoms with Gasteiger partial charge < -0.3 is 10.2 Å². The lowest BCUT2D eigenvalue weighted by Crippen LogP contribution is -2.42. The molecule has 1 unspecified atom stereocenters. The molecular weight excluding hydrogens is 315 g/mol. The zero-order valence-corrected chi connectivity index (χ0v) is 14.8. The van der Waals surface area contributed by atoms with Crippen LogP contribution in [0.3, 0.4) is 0 Å². The first-order chi connectivity index (χ1) is 12.1. The van der Waals surface area contributed by atoms with Crippen LogP contribution >= 0.6 is 0 Å². The average Bonchev–Trinajstić information content (AvgIpc) is 2.62.